The fraction of sp³-hybridized carbons (Fsp3) is 0.0455. The molecule has 3 aromatic carbocycles. The Labute approximate surface area is 162 Å². The second-order valence-electron chi connectivity index (χ2n) is 6.25. The maximum absolute atomic E-state index is 13.0. The molecule has 1 N–H and O–H groups in total. The van der Waals surface area contributed by atoms with E-state index in [9.17, 15) is 9.59 Å². The Hall–Kier alpha value is -3.93. The van der Waals surface area contributed by atoms with Gasteiger partial charge in [-0.05, 0) is 36.8 Å². The van der Waals surface area contributed by atoms with Crippen molar-refractivity contribution >= 4 is 34.8 Å². The van der Waals surface area contributed by atoms with Crippen LogP contribution >= 0.6 is 0 Å². The van der Waals surface area contributed by atoms with E-state index < -0.39 is 6.09 Å². The molecule has 4 rings (SSSR count). The van der Waals surface area contributed by atoms with E-state index in [0.717, 1.165) is 11.3 Å². The van der Waals surface area contributed by atoms with Gasteiger partial charge in [-0.15, -0.1) is 0 Å². The molecular weight excluding hydrogens is 354 g/mol. The van der Waals surface area contributed by atoms with Crippen LogP contribution in [0.2, 0.25) is 0 Å². The molecule has 0 unspecified atom stereocenters. The Bertz CT molecular complexity index is 1080. The fourth-order valence-electron chi connectivity index (χ4n) is 3.05. The van der Waals surface area contributed by atoms with Crippen molar-refractivity contribution in [2.45, 2.75) is 6.92 Å². The highest BCUT2D eigenvalue weighted by molar-refractivity contribution is 6.55. The predicted octanol–water partition coefficient (Wildman–Crippen LogP) is 4.63. The number of anilines is 3. The van der Waals surface area contributed by atoms with Crippen LogP contribution in [0, 0.1) is 6.92 Å². The number of hydrogen-bond acceptors (Lipinski definition) is 4. The number of nitrogens with one attached hydrogen (secondary N) is 1. The molecule has 0 fully saturated rings. The van der Waals surface area contributed by atoms with Gasteiger partial charge < -0.3 is 0 Å². The van der Waals surface area contributed by atoms with Gasteiger partial charge in [0.1, 0.15) is 0 Å². The van der Waals surface area contributed by atoms with Crippen molar-refractivity contribution in [2.75, 3.05) is 10.2 Å². The van der Waals surface area contributed by atoms with Crippen LogP contribution in [0.3, 0.4) is 0 Å². The summed E-state index contributed by atoms with van der Waals surface area (Å²) < 4.78 is 0. The fourth-order valence-corrected chi connectivity index (χ4v) is 3.05. The summed E-state index contributed by atoms with van der Waals surface area (Å²) in [5.41, 5.74) is 3.62. The number of amides is 2. The van der Waals surface area contributed by atoms with E-state index in [0.29, 0.717) is 16.9 Å². The second-order valence-corrected chi connectivity index (χ2v) is 6.25. The molecule has 0 atom stereocenters. The zero-order valence-electron chi connectivity index (χ0n) is 15.1. The summed E-state index contributed by atoms with van der Waals surface area (Å²) in [6.45, 7) is 1.87. The van der Waals surface area contributed by atoms with Crippen LogP contribution in [0.4, 0.5) is 21.9 Å². The summed E-state index contributed by atoms with van der Waals surface area (Å²) in [5, 5.41) is 6.48. The summed E-state index contributed by atoms with van der Waals surface area (Å²) in [7, 11) is 0. The van der Waals surface area contributed by atoms with Crippen molar-refractivity contribution in [1.29, 1.82) is 0 Å². The highest BCUT2D eigenvalue weighted by atomic mass is 16.7. The van der Waals surface area contributed by atoms with Crippen LogP contribution in [-0.4, -0.2) is 17.7 Å². The maximum Gasteiger partial charge on any atom is 0.437 e. The van der Waals surface area contributed by atoms with Gasteiger partial charge in [-0.1, -0.05) is 59.8 Å². The van der Waals surface area contributed by atoms with Crippen LogP contribution in [0.15, 0.2) is 84.0 Å². The molecule has 0 aliphatic carbocycles. The monoisotopic (exact) mass is 371 g/mol. The molecule has 6 heteroatoms. The minimum Gasteiger partial charge on any atom is -0.297 e. The van der Waals surface area contributed by atoms with E-state index in [2.05, 4.69) is 10.5 Å². The van der Waals surface area contributed by atoms with Gasteiger partial charge in [0.05, 0.1) is 5.69 Å². The molecule has 1 aliphatic rings. The SMILES string of the molecule is Cc1ccccc1NC(=O)ON=C1C(=O)N(c2ccccc2)c2ccccc21. The second kappa shape index (κ2) is 7.36. The molecule has 0 bridgehead atoms. The molecule has 1 heterocycles. The number of fused-ring (bicyclic) bond motifs is 1. The quantitative estimate of drug-likeness (QED) is 0.539. The molecular formula is C22H17N3O3. The molecule has 0 saturated carbocycles. The average Bonchev–Trinajstić information content (AvgIpc) is 3.00. The van der Waals surface area contributed by atoms with Gasteiger partial charge in [0.25, 0.3) is 5.91 Å². The summed E-state index contributed by atoms with van der Waals surface area (Å²) >= 11 is 0. The van der Waals surface area contributed by atoms with Crippen LogP contribution in [0.5, 0.6) is 0 Å². The molecule has 0 saturated heterocycles. The molecule has 2 amide bonds. The lowest BCUT2D eigenvalue weighted by atomic mass is 10.1. The molecule has 138 valence electrons. The minimum absolute atomic E-state index is 0.0828. The van der Waals surface area contributed by atoms with Crippen LogP contribution in [0.25, 0.3) is 0 Å². The third-order valence-corrected chi connectivity index (χ3v) is 4.42. The number of carbonyl (C=O) groups excluding carboxylic acids is 2. The molecule has 6 nitrogen and oxygen atoms in total. The topological polar surface area (TPSA) is 71.0 Å². The molecule has 28 heavy (non-hydrogen) atoms. The number of carbonyl (C=O) groups is 2. The Kier molecular flexibility index (Phi) is 4.60. The zero-order chi connectivity index (χ0) is 19.5. The number of aryl methyl sites for hydroxylation is 1. The van der Waals surface area contributed by atoms with Crippen molar-refractivity contribution in [1.82, 2.24) is 0 Å². The summed E-state index contributed by atoms with van der Waals surface area (Å²) in [6.07, 6.45) is -0.759. The standard InChI is InChI=1S/C22H17N3O3/c1-15-9-5-7-13-18(15)23-22(27)28-24-20-17-12-6-8-14-19(17)25(21(20)26)16-10-3-2-4-11-16/h2-14H,1H3,(H,23,27). The lowest BCUT2D eigenvalue weighted by Crippen LogP contribution is -2.26. The molecule has 0 spiro atoms. The first-order valence-corrected chi connectivity index (χ1v) is 8.75. The van der Waals surface area contributed by atoms with Gasteiger partial charge in [-0.25, -0.2) is 4.79 Å². The van der Waals surface area contributed by atoms with Crippen LogP contribution < -0.4 is 10.2 Å². The number of benzene rings is 3. The van der Waals surface area contributed by atoms with E-state index in [1.165, 1.54) is 0 Å². The summed E-state index contributed by atoms with van der Waals surface area (Å²) in [6, 6.07) is 23.8. The van der Waals surface area contributed by atoms with Gasteiger partial charge in [-0.2, -0.15) is 0 Å². The Balaban J connectivity index is 1.60. The van der Waals surface area contributed by atoms with Gasteiger partial charge in [0, 0.05) is 16.9 Å². The highest BCUT2D eigenvalue weighted by Gasteiger charge is 2.35. The minimum atomic E-state index is -0.759. The first-order chi connectivity index (χ1) is 13.6. The van der Waals surface area contributed by atoms with Crippen molar-refractivity contribution in [3.8, 4) is 0 Å². The smallest absolute Gasteiger partial charge is 0.297 e. The van der Waals surface area contributed by atoms with E-state index in [1.54, 1.807) is 17.0 Å². The lowest BCUT2D eigenvalue weighted by Gasteiger charge is -2.16. The predicted molar refractivity (Wildman–Crippen MR) is 108 cm³/mol. The maximum atomic E-state index is 13.0. The first kappa shape index (κ1) is 17.5. The highest BCUT2D eigenvalue weighted by Crippen LogP contribution is 2.35. The van der Waals surface area contributed by atoms with Gasteiger partial charge >= 0.3 is 6.09 Å². The van der Waals surface area contributed by atoms with Crippen molar-refractivity contribution < 1.29 is 14.4 Å². The average molecular weight is 371 g/mol. The van der Waals surface area contributed by atoms with Crippen molar-refractivity contribution in [3.05, 3.63) is 90.0 Å². The number of oxime groups is 1. The van der Waals surface area contributed by atoms with Gasteiger partial charge in [0.15, 0.2) is 5.71 Å². The summed E-state index contributed by atoms with van der Waals surface area (Å²) in [4.78, 5) is 31.6. The Morgan fingerprint density at radius 3 is 2.39 bits per heavy atom. The Morgan fingerprint density at radius 2 is 1.61 bits per heavy atom. The third kappa shape index (κ3) is 3.23. The molecule has 1 aliphatic heterocycles. The number of rotatable bonds is 3. The Morgan fingerprint density at radius 1 is 0.929 bits per heavy atom. The zero-order valence-corrected chi connectivity index (χ0v) is 15.1. The lowest BCUT2D eigenvalue weighted by molar-refractivity contribution is -0.111. The molecule has 3 aromatic rings. The normalized spacial score (nSPS) is 14.1. The van der Waals surface area contributed by atoms with Gasteiger partial charge in [-0.3, -0.25) is 19.8 Å². The number of nitrogens with zero attached hydrogens (tertiary/aromatic N) is 2. The third-order valence-electron chi connectivity index (χ3n) is 4.42. The van der Waals surface area contributed by atoms with Crippen molar-refractivity contribution in [3.63, 3.8) is 0 Å². The number of hydrogen-bond donors (Lipinski definition) is 1. The van der Waals surface area contributed by atoms with E-state index in [4.69, 9.17) is 4.84 Å². The van der Waals surface area contributed by atoms with E-state index in [1.807, 2.05) is 73.7 Å². The van der Waals surface area contributed by atoms with Crippen LogP contribution in [-0.2, 0) is 9.63 Å². The van der Waals surface area contributed by atoms with E-state index >= 15 is 0 Å². The summed E-state index contributed by atoms with van der Waals surface area (Å²) in [5.74, 6) is -0.351. The van der Waals surface area contributed by atoms with Crippen LogP contribution in [0.1, 0.15) is 11.1 Å². The molecule has 0 radical (unpaired) electrons. The van der Waals surface area contributed by atoms with E-state index in [-0.39, 0.29) is 11.6 Å². The van der Waals surface area contributed by atoms with Gasteiger partial charge in [0.2, 0.25) is 0 Å². The largest absolute Gasteiger partial charge is 0.437 e. The first-order valence-electron chi connectivity index (χ1n) is 8.75. The van der Waals surface area contributed by atoms with Crippen molar-refractivity contribution in [2.24, 2.45) is 5.16 Å². The molecule has 0 aromatic heterocycles. The number of para-hydroxylation sites is 3.